The molecule has 0 unspecified atom stereocenters. The molecular formula is C22H19F8NO5S2. The van der Waals surface area contributed by atoms with Gasteiger partial charge in [-0.1, -0.05) is 6.42 Å². The SMILES string of the molecule is O=S(=O)(NC[C@@H]1CCC[C@@]2(S(=O)(=O)c3ccc(C(F)(F)F)cc3)c3c(F)ccc(F)c3OC[C@@H]12)C(F)(F)F. The smallest absolute Gasteiger partial charge is 0.490 e. The molecule has 1 fully saturated rings. The van der Waals surface area contributed by atoms with Gasteiger partial charge in [0.25, 0.3) is 0 Å². The standard InChI is InChI=1S/C22H19F8NO5S2/c23-16-7-8-17(24)19-18(16)20(37(32,33)14-5-3-13(4-6-14)21(25,26)27)9-1-2-12(15(20)11-36-19)10-31-38(34,35)22(28,29)30/h3-8,12,15,31H,1-2,9-11H2/t12-,15-,20-/m0/s1. The van der Waals surface area contributed by atoms with Crippen LogP contribution >= 0.6 is 0 Å². The van der Waals surface area contributed by atoms with Crippen LogP contribution in [-0.4, -0.2) is 35.5 Å². The molecule has 0 aromatic heterocycles. The highest BCUT2D eigenvalue weighted by Gasteiger charge is 2.61. The van der Waals surface area contributed by atoms with E-state index in [1.54, 1.807) is 0 Å². The zero-order valence-corrected chi connectivity index (χ0v) is 20.7. The van der Waals surface area contributed by atoms with Crippen molar-refractivity contribution < 1.29 is 56.7 Å². The molecule has 0 spiro atoms. The van der Waals surface area contributed by atoms with Gasteiger partial charge >= 0.3 is 21.7 Å². The maximum Gasteiger partial charge on any atom is 0.511 e. The number of sulfone groups is 1. The zero-order chi connectivity index (χ0) is 28.3. The fourth-order valence-corrected chi connectivity index (χ4v) is 8.30. The first-order chi connectivity index (χ1) is 17.4. The predicted octanol–water partition coefficient (Wildman–Crippen LogP) is 4.90. The normalized spacial score (nSPS) is 24.3. The highest BCUT2D eigenvalue weighted by atomic mass is 32.2. The van der Waals surface area contributed by atoms with Crippen molar-refractivity contribution in [2.45, 2.75) is 40.6 Å². The molecule has 4 rings (SSSR count). The van der Waals surface area contributed by atoms with Crippen LogP contribution in [0.25, 0.3) is 0 Å². The molecule has 2 aliphatic rings. The van der Waals surface area contributed by atoms with Crippen molar-refractivity contribution >= 4 is 19.9 Å². The molecule has 0 radical (unpaired) electrons. The van der Waals surface area contributed by atoms with Crippen molar-refractivity contribution in [2.24, 2.45) is 11.8 Å². The lowest BCUT2D eigenvalue weighted by molar-refractivity contribution is -0.137. The topological polar surface area (TPSA) is 89.5 Å². The van der Waals surface area contributed by atoms with Gasteiger partial charge in [0.2, 0.25) is 0 Å². The molecule has 3 atom stereocenters. The highest BCUT2D eigenvalue weighted by molar-refractivity contribution is 7.92. The maximum atomic E-state index is 15.3. The zero-order valence-electron chi connectivity index (χ0n) is 19.0. The number of sulfonamides is 1. The molecule has 1 saturated carbocycles. The van der Waals surface area contributed by atoms with Crippen LogP contribution < -0.4 is 9.46 Å². The molecule has 1 aliphatic heterocycles. The summed E-state index contributed by atoms with van der Waals surface area (Å²) in [6.07, 6.45) is -5.23. The van der Waals surface area contributed by atoms with E-state index in [2.05, 4.69) is 0 Å². The maximum absolute atomic E-state index is 15.3. The average molecular weight is 594 g/mol. The van der Waals surface area contributed by atoms with E-state index in [-0.39, 0.29) is 19.3 Å². The Morgan fingerprint density at radius 2 is 1.53 bits per heavy atom. The minimum absolute atomic E-state index is 0.00491. The van der Waals surface area contributed by atoms with Crippen LogP contribution in [0, 0.1) is 23.5 Å². The molecule has 210 valence electrons. The largest absolute Gasteiger partial charge is 0.511 e. The van der Waals surface area contributed by atoms with Gasteiger partial charge in [0.15, 0.2) is 21.4 Å². The van der Waals surface area contributed by atoms with Gasteiger partial charge in [-0.25, -0.2) is 30.3 Å². The first kappa shape index (κ1) is 28.5. The molecule has 2 aromatic rings. The number of hydrogen-bond acceptors (Lipinski definition) is 5. The number of rotatable bonds is 5. The first-order valence-corrected chi connectivity index (χ1v) is 14.0. The van der Waals surface area contributed by atoms with E-state index in [1.807, 2.05) is 0 Å². The number of nitrogens with one attached hydrogen (secondary N) is 1. The quantitative estimate of drug-likeness (QED) is 0.499. The van der Waals surface area contributed by atoms with Gasteiger partial charge in [-0.2, -0.15) is 26.3 Å². The lowest BCUT2D eigenvalue weighted by Gasteiger charge is -2.50. The second kappa shape index (κ2) is 9.33. The van der Waals surface area contributed by atoms with E-state index >= 15 is 4.39 Å². The molecule has 38 heavy (non-hydrogen) atoms. The van der Waals surface area contributed by atoms with E-state index in [0.29, 0.717) is 36.4 Å². The average Bonchev–Trinajstić information content (AvgIpc) is 2.83. The Labute approximate surface area is 212 Å². The van der Waals surface area contributed by atoms with Crippen LogP contribution in [0.3, 0.4) is 0 Å². The molecular weight excluding hydrogens is 574 g/mol. The molecule has 0 saturated heterocycles. The predicted molar refractivity (Wildman–Crippen MR) is 116 cm³/mol. The summed E-state index contributed by atoms with van der Waals surface area (Å²) in [6.45, 7) is -1.53. The van der Waals surface area contributed by atoms with E-state index in [1.165, 1.54) is 4.72 Å². The molecule has 16 heteroatoms. The van der Waals surface area contributed by atoms with Crippen LogP contribution in [0.4, 0.5) is 35.1 Å². The summed E-state index contributed by atoms with van der Waals surface area (Å²) in [6, 6.07) is 3.64. The highest BCUT2D eigenvalue weighted by Crippen LogP contribution is 2.58. The van der Waals surface area contributed by atoms with Gasteiger partial charge in [-0.05, 0) is 55.2 Å². The fourth-order valence-electron chi connectivity index (χ4n) is 5.26. The van der Waals surface area contributed by atoms with Gasteiger partial charge < -0.3 is 4.74 Å². The van der Waals surface area contributed by atoms with Crippen LogP contribution in [0.1, 0.15) is 30.4 Å². The van der Waals surface area contributed by atoms with Gasteiger partial charge in [-0.3, -0.25) is 0 Å². The molecule has 1 aliphatic carbocycles. The Bertz CT molecular complexity index is 1440. The van der Waals surface area contributed by atoms with E-state index in [0.717, 1.165) is 0 Å². The summed E-state index contributed by atoms with van der Waals surface area (Å²) < 4.78 is 163. The fraction of sp³-hybridized carbons (Fsp3) is 0.455. The van der Waals surface area contributed by atoms with Crippen LogP contribution in [-0.2, 0) is 30.8 Å². The van der Waals surface area contributed by atoms with E-state index in [4.69, 9.17) is 4.74 Å². The summed E-state index contributed by atoms with van der Waals surface area (Å²) in [5.41, 5.74) is -7.56. The number of ether oxygens (including phenoxy) is 1. The summed E-state index contributed by atoms with van der Waals surface area (Å²) in [5, 5.41) is 0. The Kier molecular flexibility index (Phi) is 7.01. The number of benzene rings is 2. The minimum atomic E-state index is -5.82. The molecule has 2 aromatic carbocycles. The van der Waals surface area contributed by atoms with Gasteiger partial charge in [-0.15, -0.1) is 0 Å². The number of halogens is 8. The van der Waals surface area contributed by atoms with Gasteiger partial charge in [0.05, 0.1) is 22.6 Å². The monoisotopic (exact) mass is 593 g/mol. The summed E-state index contributed by atoms with van der Waals surface area (Å²) >= 11 is 0. The number of fused-ring (bicyclic) bond motifs is 3. The van der Waals surface area contributed by atoms with Gasteiger partial charge in [0.1, 0.15) is 10.6 Å². The van der Waals surface area contributed by atoms with Crippen LogP contribution in [0.5, 0.6) is 5.75 Å². The van der Waals surface area contributed by atoms with Crippen molar-refractivity contribution in [3.63, 3.8) is 0 Å². The third-order valence-electron chi connectivity index (χ3n) is 6.99. The molecule has 6 nitrogen and oxygen atoms in total. The van der Waals surface area contributed by atoms with Crippen molar-refractivity contribution in [1.29, 1.82) is 0 Å². The Hall–Kier alpha value is -2.46. The van der Waals surface area contributed by atoms with Gasteiger partial charge in [0, 0.05) is 12.5 Å². The molecule has 1 N–H and O–H groups in total. The number of hydrogen-bond donors (Lipinski definition) is 1. The van der Waals surface area contributed by atoms with E-state index in [9.17, 15) is 47.6 Å². The summed E-state index contributed by atoms with van der Waals surface area (Å²) in [4.78, 5) is -0.663. The van der Waals surface area contributed by atoms with E-state index < -0.39 is 94.7 Å². The van der Waals surface area contributed by atoms with Crippen LogP contribution in [0.15, 0.2) is 41.3 Å². The van der Waals surface area contributed by atoms with Crippen molar-refractivity contribution in [1.82, 2.24) is 4.72 Å². The van der Waals surface area contributed by atoms with Crippen molar-refractivity contribution in [3.05, 3.63) is 59.2 Å². The lowest BCUT2D eigenvalue weighted by atomic mass is 9.67. The molecule has 0 amide bonds. The second-order valence-electron chi connectivity index (χ2n) is 9.02. The third-order valence-corrected chi connectivity index (χ3v) is 10.7. The number of alkyl halides is 6. The Morgan fingerprint density at radius 1 is 0.921 bits per heavy atom. The lowest BCUT2D eigenvalue weighted by Crippen LogP contribution is -2.56. The van der Waals surface area contributed by atoms with Crippen molar-refractivity contribution in [2.75, 3.05) is 13.2 Å². The van der Waals surface area contributed by atoms with Crippen molar-refractivity contribution in [3.8, 4) is 5.75 Å². The Balaban J connectivity index is 1.88. The molecule has 1 heterocycles. The summed E-state index contributed by atoms with van der Waals surface area (Å²) in [5.74, 6) is -5.61. The summed E-state index contributed by atoms with van der Waals surface area (Å²) in [7, 11) is -10.7. The second-order valence-corrected chi connectivity index (χ2v) is 13.0. The third kappa shape index (κ3) is 4.53. The molecule has 0 bridgehead atoms. The Morgan fingerprint density at radius 3 is 2.11 bits per heavy atom. The minimum Gasteiger partial charge on any atom is -0.490 e. The van der Waals surface area contributed by atoms with Crippen LogP contribution in [0.2, 0.25) is 0 Å². The first-order valence-electron chi connectivity index (χ1n) is 11.0.